The fourth-order valence-electron chi connectivity index (χ4n) is 3.76. The Morgan fingerprint density at radius 3 is 1.94 bits per heavy atom. The van der Waals surface area contributed by atoms with Gasteiger partial charge in [-0.05, 0) is 48.6 Å². The Labute approximate surface area is 178 Å². The van der Waals surface area contributed by atoms with Gasteiger partial charge in [0.1, 0.15) is 0 Å². The van der Waals surface area contributed by atoms with Crippen LogP contribution in [0.3, 0.4) is 0 Å². The summed E-state index contributed by atoms with van der Waals surface area (Å²) < 4.78 is 4.32. The summed E-state index contributed by atoms with van der Waals surface area (Å²) >= 11 is 0. The molecule has 6 rings (SSSR count). The van der Waals surface area contributed by atoms with Crippen LogP contribution in [0.2, 0.25) is 0 Å². The number of imidazole rings is 2. The Bertz CT molecular complexity index is 1510. The van der Waals surface area contributed by atoms with Crippen molar-refractivity contribution in [3.8, 4) is 5.69 Å². The Kier molecular flexibility index (Phi) is 4.45. The van der Waals surface area contributed by atoms with Crippen LogP contribution in [0.5, 0.6) is 0 Å². The maximum absolute atomic E-state index is 7.03. The zero-order chi connectivity index (χ0) is 21.4. The molecule has 0 atom stereocenters. The zero-order valence-electron chi connectivity index (χ0n) is 16.7. The molecule has 4 N–H and O–H groups in total. The SMILES string of the molecule is N=C1C=CC=CC1=N.Nc1ccccc1-n1c2ccccc2n2c3ccccc3nc12. The van der Waals surface area contributed by atoms with Gasteiger partial charge in [0, 0.05) is 0 Å². The van der Waals surface area contributed by atoms with Gasteiger partial charge in [-0.25, -0.2) is 4.98 Å². The molecule has 2 heterocycles. The maximum atomic E-state index is 7.03. The average molecular weight is 404 g/mol. The quantitative estimate of drug-likeness (QED) is 0.266. The average Bonchev–Trinajstić information content (AvgIpc) is 3.31. The lowest BCUT2D eigenvalue weighted by atomic mass is 10.1. The Morgan fingerprint density at radius 2 is 1.26 bits per heavy atom. The molecule has 150 valence electrons. The molecule has 0 unspecified atom stereocenters. The van der Waals surface area contributed by atoms with Crippen molar-refractivity contribution in [3.63, 3.8) is 0 Å². The van der Waals surface area contributed by atoms with Crippen molar-refractivity contribution in [1.82, 2.24) is 14.0 Å². The Balaban J connectivity index is 0.000000217. The van der Waals surface area contributed by atoms with Gasteiger partial charge in [-0.1, -0.05) is 48.6 Å². The molecule has 1 aliphatic carbocycles. The van der Waals surface area contributed by atoms with Crippen LogP contribution in [-0.4, -0.2) is 25.4 Å². The smallest absolute Gasteiger partial charge is 0.220 e. The highest BCUT2D eigenvalue weighted by Gasteiger charge is 2.17. The van der Waals surface area contributed by atoms with E-state index < -0.39 is 0 Å². The fourth-order valence-corrected chi connectivity index (χ4v) is 3.76. The molecule has 0 fully saturated rings. The van der Waals surface area contributed by atoms with E-state index in [0.717, 1.165) is 39.2 Å². The van der Waals surface area contributed by atoms with E-state index in [-0.39, 0.29) is 11.4 Å². The lowest BCUT2D eigenvalue weighted by Gasteiger charge is -2.07. The van der Waals surface area contributed by atoms with Gasteiger partial charge >= 0.3 is 0 Å². The topological polar surface area (TPSA) is 96.0 Å². The molecule has 1 aliphatic rings. The number of nitrogens with zero attached hydrogens (tertiary/aromatic N) is 3. The lowest BCUT2D eigenvalue weighted by molar-refractivity contribution is 1.11. The third kappa shape index (κ3) is 3.11. The van der Waals surface area contributed by atoms with Crippen LogP contribution in [0.4, 0.5) is 5.69 Å². The second kappa shape index (κ2) is 7.42. The summed E-state index contributed by atoms with van der Waals surface area (Å²) in [7, 11) is 0. The van der Waals surface area contributed by atoms with Gasteiger partial charge in [0.25, 0.3) is 0 Å². The number of para-hydroxylation sites is 6. The number of nitrogens with one attached hydrogen (secondary N) is 2. The van der Waals surface area contributed by atoms with Crippen LogP contribution in [-0.2, 0) is 0 Å². The predicted molar refractivity (Wildman–Crippen MR) is 128 cm³/mol. The number of allylic oxidation sites excluding steroid dienone is 4. The minimum absolute atomic E-state index is 0.285. The summed E-state index contributed by atoms with van der Waals surface area (Å²) in [5.74, 6) is 0.880. The standard InChI is InChI=1S/C19H14N4.C6H6N2/c20-13-7-1-3-9-15(13)22-17-11-5-6-12-18(17)23-16-10-4-2-8-14(16)21-19(22)23;7-5-3-1-2-4-6(5)8/h1-12H,20H2;1-4,7-8H. The van der Waals surface area contributed by atoms with Gasteiger partial charge in [-0.15, -0.1) is 0 Å². The molecule has 0 saturated heterocycles. The van der Waals surface area contributed by atoms with Gasteiger partial charge in [0.15, 0.2) is 0 Å². The first kappa shape index (κ1) is 18.6. The minimum atomic E-state index is 0.285. The summed E-state index contributed by atoms with van der Waals surface area (Å²) in [5, 5.41) is 14.1. The number of hydrogen-bond acceptors (Lipinski definition) is 4. The van der Waals surface area contributed by atoms with Crippen molar-refractivity contribution in [1.29, 1.82) is 10.8 Å². The Morgan fingerprint density at radius 1 is 0.677 bits per heavy atom. The molecule has 0 radical (unpaired) electrons. The molecule has 6 nitrogen and oxygen atoms in total. The van der Waals surface area contributed by atoms with Crippen molar-refractivity contribution in [2.45, 2.75) is 0 Å². The van der Waals surface area contributed by atoms with Crippen molar-refractivity contribution in [2.75, 3.05) is 5.73 Å². The molecule has 0 saturated carbocycles. The van der Waals surface area contributed by atoms with Gasteiger partial charge in [-0.3, -0.25) is 19.8 Å². The van der Waals surface area contributed by atoms with Crippen molar-refractivity contribution < 1.29 is 0 Å². The highest BCUT2D eigenvalue weighted by atomic mass is 15.2. The third-order valence-corrected chi connectivity index (χ3v) is 5.21. The van der Waals surface area contributed by atoms with E-state index in [1.165, 1.54) is 0 Å². The van der Waals surface area contributed by atoms with Crippen molar-refractivity contribution >= 4 is 45.0 Å². The van der Waals surface area contributed by atoms with Crippen LogP contribution in [0.25, 0.3) is 33.5 Å². The normalized spacial score (nSPS) is 13.2. The summed E-state index contributed by atoms with van der Waals surface area (Å²) in [5.41, 5.74) is 12.8. The van der Waals surface area contributed by atoms with E-state index in [1.807, 2.05) is 48.5 Å². The fraction of sp³-hybridized carbons (Fsp3) is 0. The number of rotatable bonds is 1. The second-order valence-electron chi connectivity index (χ2n) is 7.16. The number of fused-ring (bicyclic) bond motifs is 5. The first-order valence-electron chi connectivity index (χ1n) is 9.89. The highest BCUT2D eigenvalue weighted by Crippen LogP contribution is 2.30. The van der Waals surface area contributed by atoms with E-state index in [1.54, 1.807) is 24.3 Å². The summed E-state index contributed by atoms with van der Waals surface area (Å²) in [6, 6.07) is 24.4. The molecule has 0 spiro atoms. The number of aromatic nitrogens is 3. The van der Waals surface area contributed by atoms with Gasteiger partial charge in [0.05, 0.1) is 44.9 Å². The van der Waals surface area contributed by atoms with Crippen molar-refractivity contribution in [2.24, 2.45) is 0 Å². The van der Waals surface area contributed by atoms with Crippen molar-refractivity contribution in [3.05, 3.63) is 97.1 Å². The molecule has 3 aromatic carbocycles. The summed E-state index contributed by atoms with van der Waals surface area (Å²) in [6.07, 6.45) is 6.70. The third-order valence-electron chi connectivity index (χ3n) is 5.21. The number of benzene rings is 3. The first-order valence-corrected chi connectivity index (χ1v) is 9.89. The molecule has 0 aliphatic heterocycles. The molecule has 0 bridgehead atoms. The Hall–Kier alpha value is -4.45. The lowest BCUT2D eigenvalue weighted by Crippen LogP contribution is -2.06. The number of hydrogen-bond donors (Lipinski definition) is 3. The van der Waals surface area contributed by atoms with E-state index >= 15 is 0 Å². The first-order chi connectivity index (χ1) is 15.1. The van der Waals surface area contributed by atoms with Gasteiger partial charge in [0.2, 0.25) is 5.78 Å². The molecule has 31 heavy (non-hydrogen) atoms. The van der Waals surface area contributed by atoms with Crippen LogP contribution in [0.1, 0.15) is 0 Å². The number of anilines is 1. The molecule has 5 aromatic rings. The largest absolute Gasteiger partial charge is 0.397 e. The monoisotopic (exact) mass is 404 g/mol. The van der Waals surface area contributed by atoms with Gasteiger partial charge < -0.3 is 5.73 Å². The van der Waals surface area contributed by atoms with Crippen LogP contribution >= 0.6 is 0 Å². The molecule has 2 aromatic heterocycles. The molecule has 6 heteroatoms. The maximum Gasteiger partial charge on any atom is 0.220 e. The summed E-state index contributed by atoms with van der Waals surface area (Å²) in [6.45, 7) is 0. The second-order valence-corrected chi connectivity index (χ2v) is 7.16. The molecule has 0 amide bonds. The summed E-state index contributed by atoms with van der Waals surface area (Å²) in [4.78, 5) is 4.84. The van der Waals surface area contributed by atoms with E-state index in [9.17, 15) is 0 Å². The number of nitrogens with two attached hydrogens (primary N) is 1. The zero-order valence-corrected chi connectivity index (χ0v) is 16.7. The van der Waals surface area contributed by atoms with Crippen LogP contribution in [0.15, 0.2) is 97.1 Å². The molecular weight excluding hydrogens is 384 g/mol. The van der Waals surface area contributed by atoms with E-state index in [2.05, 4.69) is 33.2 Å². The number of nitrogen functional groups attached to an aromatic ring is 1. The van der Waals surface area contributed by atoms with Crippen LogP contribution in [0, 0.1) is 10.8 Å². The highest BCUT2D eigenvalue weighted by molar-refractivity contribution is 6.48. The van der Waals surface area contributed by atoms with E-state index in [0.29, 0.717) is 0 Å². The minimum Gasteiger partial charge on any atom is -0.397 e. The van der Waals surface area contributed by atoms with Gasteiger partial charge in [-0.2, -0.15) is 0 Å². The van der Waals surface area contributed by atoms with E-state index in [4.69, 9.17) is 21.5 Å². The molecular formula is C25H20N6. The van der Waals surface area contributed by atoms with Crippen LogP contribution < -0.4 is 5.73 Å². The predicted octanol–water partition coefficient (Wildman–Crippen LogP) is 5.17.